The van der Waals surface area contributed by atoms with Crippen LogP contribution in [0.2, 0.25) is 0 Å². The van der Waals surface area contributed by atoms with Gasteiger partial charge in [-0.3, -0.25) is 4.68 Å². The van der Waals surface area contributed by atoms with Gasteiger partial charge in [0.25, 0.3) is 0 Å². The summed E-state index contributed by atoms with van der Waals surface area (Å²) >= 11 is 0. The number of nitrogens with zero attached hydrogens (tertiary/aromatic N) is 2. The molecule has 2 unspecified atom stereocenters. The molecule has 2 N–H and O–H groups in total. The van der Waals surface area contributed by atoms with Crippen LogP contribution in [0.1, 0.15) is 30.0 Å². The highest BCUT2D eigenvalue weighted by Crippen LogP contribution is 2.26. The average Bonchev–Trinajstić information content (AvgIpc) is 2.99. The first-order valence-electron chi connectivity index (χ1n) is 8.08. The number of aromatic nitrogens is 2. The van der Waals surface area contributed by atoms with Crippen LogP contribution in [0.25, 0.3) is 0 Å². The van der Waals surface area contributed by atoms with E-state index in [1.54, 1.807) is 18.0 Å². The highest BCUT2D eigenvalue weighted by molar-refractivity contribution is 5.37. The van der Waals surface area contributed by atoms with Crippen molar-refractivity contribution in [1.82, 2.24) is 15.1 Å². The number of rotatable bonds is 5. The Morgan fingerprint density at radius 3 is 2.96 bits per heavy atom. The Morgan fingerprint density at radius 1 is 1.43 bits per heavy atom. The second-order valence-corrected chi connectivity index (χ2v) is 6.63. The van der Waals surface area contributed by atoms with Crippen molar-refractivity contribution in [1.29, 1.82) is 0 Å². The number of hydrogen-bond donors (Lipinski definition) is 2. The summed E-state index contributed by atoms with van der Waals surface area (Å²) in [7, 11) is 3.56. The molecule has 3 rings (SSSR count). The summed E-state index contributed by atoms with van der Waals surface area (Å²) in [6.45, 7) is 2.35. The molecule has 0 saturated heterocycles. The van der Waals surface area contributed by atoms with Crippen LogP contribution in [-0.4, -0.2) is 34.6 Å². The van der Waals surface area contributed by atoms with Gasteiger partial charge < -0.3 is 15.2 Å². The lowest BCUT2D eigenvalue weighted by Crippen LogP contribution is -2.43. The topological polar surface area (TPSA) is 59.3 Å². The predicted octanol–water partition coefficient (Wildman–Crippen LogP) is 1.78. The quantitative estimate of drug-likeness (QED) is 0.883. The van der Waals surface area contributed by atoms with E-state index in [0.717, 1.165) is 30.6 Å². The average molecular weight is 315 g/mol. The van der Waals surface area contributed by atoms with Crippen LogP contribution >= 0.6 is 0 Å². The van der Waals surface area contributed by atoms with Crippen LogP contribution in [0, 0.1) is 0 Å². The predicted molar refractivity (Wildman–Crippen MR) is 89.6 cm³/mol. The summed E-state index contributed by atoms with van der Waals surface area (Å²) in [6.07, 6.45) is 6.70. The molecular weight excluding hydrogens is 290 g/mol. The molecule has 0 spiro atoms. The van der Waals surface area contributed by atoms with Crippen LogP contribution in [0.4, 0.5) is 0 Å². The zero-order chi connectivity index (χ0) is 16.4. The van der Waals surface area contributed by atoms with Crippen LogP contribution in [0.15, 0.2) is 30.6 Å². The third-order valence-corrected chi connectivity index (χ3v) is 4.70. The fourth-order valence-corrected chi connectivity index (χ4v) is 3.18. The first-order valence-corrected chi connectivity index (χ1v) is 8.08. The number of ether oxygens (including phenoxy) is 1. The highest BCUT2D eigenvalue weighted by atomic mass is 16.5. The number of benzene rings is 1. The van der Waals surface area contributed by atoms with E-state index in [1.165, 1.54) is 11.1 Å². The summed E-state index contributed by atoms with van der Waals surface area (Å²) in [5.41, 5.74) is 2.67. The summed E-state index contributed by atoms with van der Waals surface area (Å²) in [6, 6.07) is 6.69. The number of aliphatic hydroxyl groups is 1. The van der Waals surface area contributed by atoms with E-state index in [0.29, 0.717) is 12.6 Å². The lowest BCUT2D eigenvalue weighted by Gasteiger charge is -2.30. The molecule has 0 aliphatic heterocycles. The van der Waals surface area contributed by atoms with E-state index in [4.69, 9.17) is 4.74 Å². The van der Waals surface area contributed by atoms with E-state index >= 15 is 0 Å². The van der Waals surface area contributed by atoms with Crippen molar-refractivity contribution >= 4 is 0 Å². The summed E-state index contributed by atoms with van der Waals surface area (Å²) < 4.78 is 7.04. The number of aryl methyl sites for hydroxylation is 2. The van der Waals surface area contributed by atoms with Crippen molar-refractivity contribution in [3.05, 3.63) is 47.3 Å². The van der Waals surface area contributed by atoms with Crippen LogP contribution in [0.3, 0.4) is 0 Å². The van der Waals surface area contributed by atoms with E-state index < -0.39 is 5.60 Å². The normalized spacial score (nSPS) is 19.9. The van der Waals surface area contributed by atoms with Crippen molar-refractivity contribution in [3.63, 3.8) is 0 Å². The Hall–Kier alpha value is -1.85. The molecule has 2 atom stereocenters. The second kappa shape index (κ2) is 6.34. The largest absolute Gasteiger partial charge is 0.497 e. The maximum Gasteiger partial charge on any atom is 0.119 e. The number of methoxy groups -OCH3 is 1. The Morgan fingerprint density at radius 2 is 2.26 bits per heavy atom. The molecule has 124 valence electrons. The van der Waals surface area contributed by atoms with Crippen molar-refractivity contribution in [2.75, 3.05) is 13.7 Å². The zero-order valence-corrected chi connectivity index (χ0v) is 14.0. The lowest BCUT2D eigenvalue weighted by atomic mass is 9.87. The summed E-state index contributed by atoms with van der Waals surface area (Å²) in [5, 5.41) is 18.3. The number of nitrogens with one attached hydrogen (secondary N) is 1. The first-order chi connectivity index (χ1) is 11.0. The maximum absolute atomic E-state index is 10.7. The monoisotopic (exact) mass is 315 g/mol. The van der Waals surface area contributed by atoms with Crippen molar-refractivity contribution in [2.24, 2.45) is 7.05 Å². The maximum atomic E-state index is 10.7. The molecule has 0 radical (unpaired) electrons. The van der Waals surface area contributed by atoms with Crippen molar-refractivity contribution in [3.8, 4) is 5.75 Å². The Kier molecular flexibility index (Phi) is 4.41. The fraction of sp³-hybridized carbons (Fsp3) is 0.500. The molecule has 1 aromatic carbocycles. The van der Waals surface area contributed by atoms with Gasteiger partial charge in [0.15, 0.2) is 0 Å². The van der Waals surface area contributed by atoms with Crippen LogP contribution in [0.5, 0.6) is 5.75 Å². The standard InChI is InChI=1S/C18H25N3O2/c1-18(22,15-10-20-21(2)11-15)12-19-16-6-4-13-5-7-17(23-3)9-14(13)8-16/h5,7,9-11,16,19,22H,4,6,8,12H2,1-3H3. The Balaban J connectivity index is 1.63. The van der Waals surface area contributed by atoms with Gasteiger partial charge in [-0.1, -0.05) is 6.07 Å². The molecule has 0 bridgehead atoms. The smallest absolute Gasteiger partial charge is 0.119 e. The Bertz CT molecular complexity index is 679. The van der Waals surface area contributed by atoms with Gasteiger partial charge >= 0.3 is 0 Å². The third-order valence-electron chi connectivity index (χ3n) is 4.70. The van der Waals surface area contributed by atoms with Crippen LogP contribution in [-0.2, 0) is 25.5 Å². The summed E-state index contributed by atoms with van der Waals surface area (Å²) in [5.74, 6) is 0.909. The molecular formula is C18H25N3O2. The van der Waals surface area contributed by atoms with Crippen molar-refractivity contribution in [2.45, 2.75) is 37.8 Å². The zero-order valence-electron chi connectivity index (χ0n) is 14.0. The van der Waals surface area contributed by atoms with Gasteiger partial charge in [-0.2, -0.15) is 5.10 Å². The Labute approximate surface area is 137 Å². The van der Waals surface area contributed by atoms with E-state index in [1.807, 2.05) is 26.2 Å². The van der Waals surface area contributed by atoms with Crippen LogP contribution < -0.4 is 10.1 Å². The first kappa shape index (κ1) is 16.0. The van der Waals surface area contributed by atoms with E-state index in [2.05, 4.69) is 22.5 Å². The minimum atomic E-state index is -0.914. The number of fused-ring (bicyclic) bond motifs is 1. The lowest BCUT2D eigenvalue weighted by molar-refractivity contribution is 0.0531. The van der Waals surface area contributed by atoms with E-state index in [-0.39, 0.29) is 0 Å². The van der Waals surface area contributed by atoms with Gasteiger partial charge in [0.2, 0.25) is 0 Å². The molecule has 23 heavy (non-hydrogen) atoms. The van der Waals surface area contributed by atoms with Gasteiger partial charge in [-0.15, -0.1) is 0 Å². The van der Waals surface area contributed by atoms with Gasteiger partial charge in [-0.25, -0.2) is 0 Å². The minimum Gasteiger partial charge on any atom is -0.497 e. The SMILES string of the molecule is COc1ccc2c(c1)CC(NCC(C)(O)c1cnn(C)c1)CC2. The minimum absolute atomic E-state index is 0.373. The molecule has 0 saturated carbocycles. The van der Waals surface area contributed by atoms with Gasteiger partial charge in [-0.05, 0) is 49.4 Å². The second-order valence-electron chi connectivity index (χ2n) is 6.63. The molecule has 0 fully saturated rings. The molecule has 2 aromatic rings. The highest BCUT2D eigenvalue weighted by Gasteiger charge is 2.27. The summed E-state index contributed by atoms with van der Waals surface area (Å²) in [4.78, 5) is 0. The van der Waals surface area contributed by atoms with Gasteiger partial charge in [0, 0.05) is 31.4 Å². The van der Waals surface area contributed by atoms with Crippen molar-refractivity contribution < 1.29 is 9.84 Å². The third kappa shape index (κ3) is 3.57. The molecule has 1 aliphatic carbocycles. The molecule has 0 amide bonds. The molecule has 5 heteroatoms. The number of hydrogen-bond acceptors (Lipinski definition) is 4. The van der Waals surface area contributed by atoms with Gasteiger partial charge in [0.05, 0.1) is 13.3 Å². The molecule has 5 nitrogen and oxygen atoms in total. The van der Waals surface area contributed by atoms with E-state index in [9.17, 15) is 5.11 Å². The molecule has 1 heterocycles. The molecule has 1 aromatic heterocycles. The molecule has 1 aliphatic rings. The van der Waals surface area contributed by atoms with Gasteiger partial charge in [0.1, 0.15) is 11.4 Å². The fourth-order valence-electron chi connectivity index (χ4n) is 3.18.